The molecule has 1 fully saturated rings. The number of nitrogens with zero attached hydrogens (tertiary/aromatic N) is 1. The first kappa shape index (κ1) is 25.1. The van der Waals surface area contributed by atoms with E-state index in [2.05, 4.69) is 5.32 Å². The number of halogens is 2. The molecule has 0 aromatic heterocycles. The number of methoxy groups -OCH3 is 1. The second-order valence-electron chi connectivity index (χ2n) is 8.51. The monoisotopic (exact) mass is 490 g/mol. The number of hydrogen-bond acceptors (Lipinski definition) is 4. The van der Waals surface area contributed by atoms with E-state index in [1.54, 1.807) is 42.3 Å². The molecule has 176 valence electrons. The minimum absolute atomic E-state index is 0.0795. The minimum Gasteiger partial charge on any atom is -0.497 e. The number of Topliss-reactive ketones (excluding diaryl/α,β-unsaturated/α-hetero) is 1. The number of ether oxygens (including phenoxy) is 1. The zero-order chi connectivity index (χ0) is 24.1. The second kappa shape index (κ2) is 11.0. The Morgan fingerprint density at radius 3 is 2.21 bits per heavy atom. The van der Waals surface area contributed by atoms with Gasteiger partial charge < -0.3 is 15.0 Å². The molecule has 1 saturated heterocycles. The van der Waals surface area contributed by atoms with Crippen molar-refractivity contribution in [3.8, 4) is 5.75 Å². The van der Waals surface area contributed by atoms with Crippen molar-refractivity contribution >= 4 is 40.8 Å². The van der Waals surface area contributed by atoms with E-state index in [9.17, 15) is 14.4 Å². The van der Waals surface area contributed by atoms with Crippen LogP contribution in [0.5, 0.6) is 5.75 Å². The summed E-state index contributed by atoms with van der Waals surface area (Å²) in [4.78, 5) is 40.6. The highest BCUT2D eigenvalue weighted by Gasteiger charge is 2.33. The van der Waals surface area contributed by atoms with Crippen LogP contribution < -0.4 is 10.1 Å². The van der Waals surface area contributed by atoms with Gasteiger partial charge in [-0.05, 0) is 61.2 Å². The van der Waals surface area contributed by atoms with Crippen molar-refractivity contribution in [3.63, 3.8) is 0 Å². The Morgan fingerprint density at radius 2 is 1.67 bits per heavy atom. The Hall–Kier alpha value is -2.57. The van der Waals surface area contributed by atoms with E-state index in [1.165, 1.54) is 12.1 Å². The van der Waals surface area contributed by atoms with Gasteiger partial charge in [-0.3, -0.25) is 14.4 Å². The van der Waals surface area contributed by atoms with Crippen LogP contribution in [0.2, 0.25) is 10.0 Å². The Morgan fingerprint density at radius 1 is 1.03 bits per heavy atom. The molecule has 1 heterocycles. The van der Waals surface area contributed by atoms with Crippen molar-refractivity contribution in [2.75, 3.05) is 20.2 Å². The molecule has 0 saturated carbocycles. The van der Waals surface area contributed by atoms with Crippen LogP contribution in [-0.2, 0) is 4.79 Å². The summed E-state index contributed by atoms with van der Waals surface area (Å²) in [6.45, 7) is 4.69. The van der Waals surface area contributed by atoms with Crippen molar-refractivity contribution in [2.24, 2.45) is 11.8 Å². The molecule has 33 heavy (non-hydrogen) atoms. The molecule has 2 aromatic rings. The summed E-state index contributed by atoms with van der Waals surface area (Å²) in [7, 11) is 1.58. The number of benzene rings is 2. The first-order valence-electron chi connectivity index (χ1n) is 10.9. The van der Waals surface area contributed by atoms with E-state index in [0.717, 1.165) is 0 Å². The predicted molar refractivity (Wildman–Crippen MR) is 129 cm³/mol. The molecule has 2 aromatic carbocycles. The Labute approximate surface area is 204 Å². The number of carbonyl (C=O) groups is 3. The Kier molecular flexibility index (Phi) is 8.38. The SMILES string of the molecule is COc1ccc(C(=O)C2CCN(C(=O)[C@H](NC(=O)c3ccc(Cl)cc3Cl)C(C)C)CC2)cc1. The lowest BCUT2D eigenvalue weighted by molar-refractivity contribution is -0.135. The van der Waals surface area contributed by atoms with Crippen molar-refractivity contribution in [2.45, 2.75) is 32.7 Å². The standard InChI is InChI=1S/C25H28Cl2N2O4/c1-15(2)22(28-24(31)20-9-6-18(26)14-21(20)27)25(32)29-12-10-17(11-13-29)23(30)16-4-7-19(33-3)8-5-16/h4-9,14-15,17,22H,10-13H2,1-3H3,(H,28,31)/t22-/m1/s1. The van der Waals surface area contributed by atoms with Crippen LogP contribution in [-0.4, -0.2) is 48.7 Å². The van der Waals surface area contributed by atoms with Crippen LogP contribution in [0.15, 0.2) is 42.5 Å². The van der Waals surface area contributed by atoms with Gasteiger partial charge in [-0.1, -0.05) is 37.0 Å². The fraction of sp³-hybridized carbons (Fsp3) is 0.400. The molecule has 2 amide bonds. The molecule has 0 aliphatic carbocycles. The highest BCUT2D eigenvalue weighted by molar-refractivity contribution is 6.36. The molecule has 1 aliphatic heterocycles. The van der Waals surface area contributed by atoms with Gasteiger partial charge in [-0.25, -0.2) is 0 Å². The summed E-state index contributed by atoms with van der Waals surface area (Å²) in [5.74, 6) is -0.0508. The largest absolute Gasteiger partial charge is 0.497 e. The van der Waals surface area contributed by atoms with Gasteiger partial charge in [0.25, 0.3) is 5.91 Å². The zero-order valence-electron chi connectivity index (χ0n) is 18.9. The first-order valence-corrected chi connectivity index (χ1v) is 11.7. The highest BCUT2D eigenvalue weighted by Crippen LogP contribution is 2.25. The topological polar surface area (TPSA) is 75.7 Å². The number of nitrogens with one attached hydrogen (secondary N) is 1. The lowest BCUT2D eigenvalue weighted by Gasteiger charge is -2.35. The summed E-state index contributed by atoms with van der Waals surface area (Å²) in [5.41, 5.74) is 0.913. The average molecular weight is 491 g/mol. The van der Waals surface area contributed by atoms with Crippen LogP contribution in [0.25, 0.3) is 0 Å². The number of likely N-dealkylation sites (tertiary alicyclic amines) is 1. The summed E-state index contributed by atoms with van der Waals surface area (Å²) < 4.78 is 5.15. The average Bonchev–Trinajstić information content (AvgIpc) is 2.81. The van der Waals surface area contributed by atoms with E-state index >= 15 is 0 Å². The predicted octanol–water partition coefficient (Wildman–Crippen LogP) is 4.88. The lowest BCUT2D eigenvalue weighted by atomic mass is 9.88. The molecule has 1 N–H and O–H groups in total. The Balaban J connectivity index is 1.62. The van der Waals surface area contributed by atoms with Crippen LogP contribution in [0.1, 0.15) is 47.4 Å². The number of amides is 2. The third-order valence-corrected chi connectivity index (χ3v) is 6.49. The van der Waals surface area contributed by atoms with Crippen LogP contribution in [0.4, 0.5) is 0 Å². The molecule has 0 bridgehead atoms. The lowest BCUT2D eigenvalue weighted by Crippen LogP contribution is -2.53. The van der Waals surface area contributed by atoms with E-state index in [4.69, 9.17) is 27.9 Å². The van der Waals surface area contributed by atoms with Gasteiger partial charge in [0.2, 0.25) is 5.91 Å². The van der Waals surface area contributed by atoms with Gasteiger partial charge in [-0.2, -0.15) is 0 Å². The number of ketones is 1. The summed E-state index contributed by atoms with van der Waals surface area (Å²) in [6.07, 6.45) is 1.16. The molecule has 0 spiro atoms. The van der Waals surface area contributed by atoms with E-state index < -0.39 is 11.9 Å². The summed E-state index contributed by atoms with van der Waals surface area (Å²) in [5, 5.41) is 3.48. The molecular weight excluding hydrogens is 463 g/mol. The molecule has 8 heteroatoms. The van der Waals surface area contributed by atoms with Gasteiger partial charge in [0, 0.05) is 29.6 Å². The molecule has 0 radical (unpaired) electrons. The third kappa shape index (κ3) is 6.06. The quantitative estimate of drug-likeness (QED) is 0.561. The van der Waals surface area contributed by atoms with Gasteiger partial charge in [-0.15, -0.1) is 0 Å². The molecule has 3 rings (SSSR count). The van der Waals surface area contributed by atoms with Gasteiger partial charge in [0.05, 0.1) is 17.7 Å². The number of piperidine rings is 1. The van der Waals surface area contributed by atoms with Crippen LogP contribution in [0, 0.1) is 11.8 Å². The van der Waals surface area contributed by atoms with Crippen molar-refractivity contribution < 1.29 is 19.1 Å². The number of carbonyl (C=O) groups excluding carboxylic acids is 3. The highest BCUT2D eigenvalue weighted by atomic mass is 35.5. The molecule has 0 unspecified atom stereocenters. The van der Waals surface area contributed by atoms with Crippen molar-refractivity contribution in [1.29, 1.82) is 0 Å². The maximum Gasteiger partial charge on any atom is 0.253 e. The van der Waals surface area contributed by atoms with Crippen molar-refractivity contribution in [3.05, 3.63) is 63.6 Å². The van der Waals surface area contributed by atoms with Crippen molar-refractivity contribution in [1.82, 2.24) is 10.2 Å². The normalized spacial score (nSPS) is 15.3. The van der Waals surface area contributed by atoms with Gasteiger partial charge in [0.15, 0.2) is 5.78 Å². The van der Waals surface area contributed by atoms with Gasteiger partial charge in [0.1, 0.15) is 11.8 Å². The third-order valence-electron chi connectivity index (χ3n) is 5.95. The molecule has 6 nitrogen and oxygen atoms in total. The van der Waals surface area contributed by atoms with E-state index in [1.807, 2.05) is 13.8 Å². The Bertz CT molecular complexity index is 1020. The fourth-order valence-corrected chi connectivity index (χ4v) is 4.45. The minimum atomic E-state index is -0.696. The van der Waals surface area contributed by atoms with E-state index in [0.29, 0.717) is 42.3 Å². The smallest absolute Gasteiger partial charge is 0.253 e. The summed E-state index contributed by atoms with van der Waals surface area (Å²) in [6, 6.07) is 11.0. The van der Waals surface area contributed by atoms with Gasteiger partial charge >= 0.3 is 0 Å². The molecule has 1 aliphatic rings. The maximum atomic E-state index is 13.2. The van der Waals surface area contributed by atoms with E-state index in [-0.39, 0.29) is 34.1 Å². The number of hydrogen-bond donors (Lipinski definition) is 1. The molecular formula is C25H28Cl2N2O4. The second-order valence-corrected chi connectivity index (χ2v) is 9.36. The zero-order valence-corrected chi connectivity index (χ0v) is 20.4. The molecule has 1 atom stereocenters. The van der Waals surface area contributed by atoms with Crippen LogP contribution in [0.3, 0.4) is 0 Å². The summed E-state index contributed by atoms with van der Waals surface area (Å²) >= 11 is 12.1. The number of rotatable bonds is 7. The van der Waals surface area contributed by atoms with Crippen LogP contribution >= 0.6 is 23.2 Å². The fourth-order valence-electron chi connectivity index (χ4n) is 3.96. The maximum absolute atomic E-state index is 13.2. The first-order chi connectivity index (χ1) is 15.7.